The first-order valence-electron chi connectivity index (χ1n) is 8.36. The number of nitrogens with zero attached hydrogens (tertiary/aromatic N) is 3. The van der Waals surface area contributed by atoms with E-state index in [1.165, 1.54) is 0 Å². The quantitative estimate of drug-likeness (QED) is 0.841. The van der Waals surface area contributed by atoms with Gasteiger partial charge < -0.3 is 9.64 Å². The van der Waals surface area contributed by atoms with Crippen molar-refractivity contribution in [3.63, 3.8) is 0 Å². The largest absolute Gasteiger partial charge is 0.380 e. The molecule has 5 nitrogen and oxygen atoms in total. The van der Waals surface area contributed by atoms with Gasteiger partial charge >= 0.3 is 0 Å². The predicted octanol–water partition coefficient (Wildman–Crippen LogP) is 2.53. The minimum absolute atomic E-state index is 0.0463. The summed E-state index contributed by atoms with van der Waals surface area (Å²) in [6.45, 7) is 4.27. The molecule has 2 aliphatic rings. The molecule has 6 heteroatoms. The van der Waals surface area contributed by atoms with E-state index in [4.69, 9.17) is 4.74 Å². The van der Waals surface area contributed by atoms with Crippen molar-refractivity contribution in [1.29, 1.82) is 0 Å². The number of hydrogen-bond donors (Lipinski definition) is 0. The highest BCUT2D eigenvalue weighted by Crippen LogP contribution is 2.31. The maximum absolute atomic E-state index is 13.1. The second-order valence-corrected chi connectivity index (χ2v) is 7.60. The maximum atomic E-state index is 13.1. The molecule has 126 valence electrons. The first kappa shape index (κ1) is 15.7. The van der Waals surface area contributed by atoms with Gasteiger partial charge in [0.25, 0.3) is 5.91 Å². The highest BCUT2D eigenvalue weighted by atomic mass is 32.2. The van der Waals surface area contributed by atoms with Crippen molar-refractivity contribution in [3.8, 4) is 5.69 Å². The molecule has 24 heavy (non-hydrogen) atoms. The lowest BCUT2D eigenvalue weighted by Gasteiger charge is -2.43. The molecule has 2 saturated heterocycles. The van der Waals surface area contributed by atoms with Crippen LogP contribution in [0.2, 0.25) is 0 Å². The number of carbonyl (C=O) groups excluding carboxylic acids is 1. The van der Waals surface area contributed by atoms with Gasteiger partial charge in [0, 0.05) is 35.9 Å². The summed E-state index contributed by atoms with van der Waals surface area (Å²) >= 11 is 1.92. The number of thioether (sulfide) groups is 1. The van der Waals surface area contributed by atoms with Crippen molar-refractivity contribution >= 4 is 17.7 Å². The fourth-order valence-electron chi connectivity index (χ4n) is 3.49. The average Bonchev–Trinajstić information content (AvgIpc) is 3.03. The number of benzene rings is 1. The van der Waals surface area contributed by atoms with Crippen LogP contribution >= 0.6 is 11.8 Å². The molecule has 3 heterocycles. The number of hydrogen-bond acceptors (Lipinski definition) is 4. The van der Waals surface area contributed by atoms with Crippen LogP contribution in [0.1, 0.15) is 22.6 Å². The molecule has 2 atom stereocenters. The molecule has 1 amide bonds. The first-order chi connectivity index (χ1) is 11.7. The van der Waals surface area contributed by atoms with Gasteiger partial charge in [-0.3, -0.25) is 4.79 Å². The predicted molar refractivity (Wildman–Crippen MR) is 94.8 cm³/mol. The van der Waals surface area contributed by atoms with Gasteiger partial charge in [0.15, 0.2) is 5.69 Å². The Kier molecular flexibility index (Phi) is 4.33. The van der Waals surface area contributed by atoms with E-state index in [0.29, 0.717) is 10.9 Å². The smallest absolute Gasteiger partial charge is 0.274 e. The number of para-hydroxylation sites is 1. The van der Waals surface area contributed by atoms with Gasteiger partial charge in [-0.2, -0.15) is 16.9 Å². The number of carbonyl (C=O) groups is 1. The van der Waals surface area contributed by atoms with Gasteiger partial charge in [0.1, 0.15) is 0 Å². The number of rotatable bonds is 2. The van der Waals surface area contributed by atoms with Crippen LogP contribution in [0.25, 0.3) is 5.69 Å². The van der Waals surface area contributed by atoms with Crippen LogP contribution in [0.15, 0.2) is 36.4 Å². The second-order valence-electron chi connectivity index (χ2n) is 6.26. The molecule has 0 saturated carbocycles. The molecular weight excluding hydrogens is 322 g/mol. The van der Waals surface area contributed by atoms with Gasteiger partial charge in [0.2, 0.25) is 0 Å². The summed E-state index contributed by atoms with van der Waals surface area (Å²) in [7, 11) is 0. The number of aromatic nitrogens is 2. The van der Waals surface area contributed by atoms with Crippen LogP contribution in [-0.4, -0.2) is 57.4 Å². The number of fused-ring (bicyclic) bond motifs is 1. The summed E-state index contributed by atoms with van der Waals surface area (Å²) in [4.78, 5) is 15.1. The van der Waals surface area contributed by atoms with Gasteiger partial charge in [-0.1, -0.05) is 18.2 Å². The second kappa shape index (κ2) is 6.61. The molecule has 0 spiro atoms. The summed E-state index contributed by atoms with van der Waals surface area (Å²) < 4.78 is 7.42. The monoisotopic (exact) mass is 343 g/mol. The molecule has 2 unspecified atom stereocenters. The number of aryl methyl sites for hydroxylation is 1. The molecule has 4 rings (SSSR count). The molecule has 2 fully saturated rings. The van der Waals surface area contributed by atoms with Crippen molar-refractivity contribution in [2.45, 2.75) is 24.6 Å². The molecule has 1 aromatic heterocycles. The van der Waals surface area contributed by atoms with Crippen LogP contribution in [0.4, 0.5) is 0 Å². The fraction of sp³-hybridized carbons (Fsp3) is 0.444. The Morgan fingerprint density at radius 3 is 3.00 bits per heavy atom. The summed E-state index contributed by atoms with van der Waals surface area (Å²) in [5.41, 5.74) is 2.49. The van der Waals surface area contributed by atoms with Crippen LogP contribution in [0.5, 0.6) is 0 Å². The molecule has 0 radical (unpaired) electrons. The normalized spacial score (nSPS) is 23.8. The van der Waals surface area contributed by atoms with Crippen molar-refractivity contribution < 1.29 is 9.53 Å². The minimum Gasteiger partial charge on any atom is -0.380 e. The Morgan fingerprint density at radius 1 is 1.33 bits per heavy atom. The standard InChI is InChI=1S/C18H21N3O2S/c1-13-11-15(19-21(13)14-5-3-2-4-6-14)18(22)20-8-10-24-17-12-23-9-7-16(17)20/h2-6,11,16-17H,7-10,12H2,1H3. The Morgan fingerprint density at radius 2 is 2.17 bits per heavy atom. The van der Waals surface area contributed by atoms with Crippen LogP contribution < -0.4 is 0 Å². The number of amides is 1. The Bertz CT molecular complexity index is 729. The summed E-state index contributed by atoms with van der Waals surface area (Å²) in [5, 5.41) is 4.98. The van der Waals surface area contributed by atoms with E-state index < -0.39 is 0 Å². The minimum atomic E-state index is 0.0463. The van der Waals surface area contributed by atoms with E-state index in [2.05, 4.69) is 5.10 Å². The van der Waals surface area contributed by atoms with Crippen LogP contribution in [-0.2, 0) is 4.74 Å². The van der Waals surface area contributed by atoms with Crippen molar-refractivity contribution in [2.24, 2.45) is 0 Å². The molecular formula is C18H21N3O2S. The molecule has 0 aliphatic carbocycles. The van der Waals surface area contributed by atoms with Gasteiger partial charge in [-0.15, -0.1) is 0 Å². The average molecular weight is 343 g/mol. The Labute approximate surface area is 146 Å². The highest BCUT2D eigenvalue weighted by molar-refractivity contribution is 8.00. The lowest BCUT2D eigenvalue weighted by atomic mass is 10.1. The molecule has 2 aliphatic heterocycles. The third-order valence-corrected chi connectivity index (χ3v) is 6.00. The van der Waals surface area contributed by atoms with E-state index in [-0.39, 0.29) is 11.9 Å². The zero-order chi connectivity index (χ0) is 16.5. The lowest BCUT2D eigenvalue weighted by molar-refractivity contribution is 0.0315. The molecule has 2 aromatic rings. The zero-order valence-electron chi connectivity index (χ0n) is 13.7. The van der Waals surface area contributed by atoms with E-state index in [9.17, 15) is 4.79 Å². The van der Waals surface area contributed by atoms with Gasteiger partial charge in [-0.05, 0) is 31.5 Å². The zero-order valence-corrected chi connectivity index (χ0v) is 14.5. The Hall–Kier alpha value is -1.79. The van der Waals surface area contributed by atoms with Crippen molar-refractivity contribution in [1.82, 2.24) is 14.7 Å². The summed E-state index contributed by atoms with van der Waals surface area (Å²) in [6.07, 6.45) is 0.918. The first-order valence-corrected chi connectivity index (χ1v) is 9.41. The van der Waals surface area contributed by atoms with E-state index in [1.54, 1.807) is 0 Å². The van der Waals surface area contributed by atoms with E-state index >= 15 is 0 Å². The van der Waals surface area contributed by atoms with Crippen molar-refractivity contribution in [2.75, 3.05) is 25.5 Å². The third-order valence-electron chi connectivity index (χ3n) is 4.70. The van der Waals surface area contributed by atoms with E-state index in [1.807, 2.05) is 64.7 Å². The molecule has 0 N–H and O–H groups in total. The third kappa shape index (κ3) is 2.84. The molecule has 1 aromatic carbocycles. The van der Waals surface area contributed by atoms with Crippen LogP contribution in [0.3, 0.4) is 0 Å². The van der Waals surface area contributed by atoms with Gasteiger partial charge in [-0.25, -0.2) is 4.68 Å². The highest BCUT2D eigenvalue weighted by Gasteiger charge is 2.37. The van der Waals surface area contributed by atoms with E-state index in [0.717, 1.165) is 43.3 Å². The lowest BCUT2D eigenvalue weighted by Crippen LogP contribution is -2.54. The van der Waals surface area contributed by atoms with Crippen LogP contribution in [0, 0.1) is 6.92 Å². The SMILES string of the molecule is Cc1cc(C(=O)N2CCSC3COCCC32)nn1-c1ccccc1. The van der Waals surface area contributed by atoms with Gasteiger partial charge in [0.05, 0.1) is 12.3 Å². The topological polar surface area (TPSA) is 47.4 Å². The number of ether oxygens (including phenoxy) is 1. The maximum Gasteiger partial charge on any atom is 0.274 e. The Balaban J connectivity index is 1.60. The summed E-state index contributed by atoms with van der Waals surface area (Å²) in [5.74, 6) is 1.01. The molecule has 0 bridgehead atoms. The summed E-state index contributed by atoms with van der Waals surface area (Å²) in [6, 6.07) is 12.1. The van der Waals surface area contributed by atoms with Crippen molar-refractivity contribution in [3.05, 3.63) is 47.8 Å². The fourth-order valence-corrected chi connectivity index (χ4v) is 4.80.